The van der Waals surface area contributed by atoms with Gasteiger partial charge in [0.25, 0.3) is 0 Å². The van der Waals surface area contributed by atoms with Crippen LogP contribution in [0.1, 0.15) is 18.9 Å². The normalized spacial score (nSPS) is 26.4. The van der Waals surface area contributed by atoms with E-state index in [2.05, 4.69) is 43.3 Å². The Balaban J connectivity index is 1.96. The standard InChI is InChI=1S/C13H16O/c1-11-6-5-9-13(14-11)10-12-7-3-2-4-8-12/h2-8,11,13H,9-10H2,1H3/t11-,13-/m0/s1. The Morgan fingerprint density at radius 1 is 1.29 bits per heavy atom. The Morgan fingerprint density at radius 2 is 2.07 bits per heavy atom. The molecule has 1 aromatic carbocycles. The zero-order valence-electron chi connectivity index (χ0n) is 8.52. The lowest BCUT2D eigenvalue weighted by molar-refractivity contribution is 0.0164. The SMILES string of the molecule is C[C@H]1C=CC[C@@H](Cc2ccccc2)O1. The summed E-state index contributed by atoms with van der Waals surface area (Å²) < 4.78 is 5.80. The molecule has 0 radical (unpaired) electrons. The maximum Gasteiger partial charge on any atom is 0.0731 e. The number of benzene rings is 1. The Kier molecular flexibility index (Phi) is 3.00. The molecular weight excluding hydrogens is 172 g/mol. The smallest absolute Gasteiger partial charge is 0.0731 e. The second-order valence-corrected chi connectivity index (χ2v) is 3.82. The number of ether oxygens (including phenoxy) is 1. The fraction of sp³-hybridized carbons (Fsp3) is 0.385. The van der Waals surface area contributed by atoms with E-state index < -0.39 is 0 Å². The van der Waals surface area contributed by atoms with Crippen molar-refractivity contribution in [2.24, 2.45) is 0 Å². The minimum absolute atomic E-state index is 0.275. The molecule has 14 heavy (non-hydrogen) atoms. The average molecular weight is 188 g/mol. The van der Waals surface area contributed by atoms with Gasteiger partial charge in [-0.3, -0.25) is 0 Å². The van der Waals surface area contributed by atoms with E-state index in [-0.39, 0.29) is 6.10 Å². The number of rotatable bonds is 2. The van der Waals surface area contributed by atoms with Gasteiger partial charge in [0.05, 0.1) is 12.2 Å². The van der Waals surface area contributed by atoms with E-state index in [0.29, 0.717) is 6.10 Å². The van der Waals surface area contributed by atoms with Crippen molar-refractivity contribution in [1.82, 2.24) is 0 Å². The molecule has 0 saturated carbocycles. The minimum atomic E-state index is 0.275. The van der Waals surface area contributed by atoms with Crippen LogP contribution < -0.4 is 0 Å². The van der Waals surface area contributed by atoms with Gasteiger partial charge in [-0.15, -0.1) is 0 Å². The van der Waals surface area contributed by atoms with E-state index in [1.165, 1.54) is 5.56 Å². The molecule has 0 N–H and O–H groups in total. The maximum atomic E-state index is 5.80. The van der Waals surface area contributed by atoms with Crippen LogP contribution >= 0.6 is 0 Å². The molecule has 74 valence electrons. The zero-order chi connectivity index (χ0) is 9.80. The minimum Gasteiger partial charge on any atom is -0.371 e. The molecule has 0 aliphatic carbocycles. The van der Waals surface area contributed by atoms with Crippen molar-refractivity contribution in [3.05, 3.63) is 48.0 Å². The zero-order valence-corrected chi connectivity index (χ0v) is 8.52. The van der Waals surface area contributed by atoms with E-state index in [9.17, 15) is 0 Å². The average Bonchev–Trinajstić information content (AvgIpc) is 2.19. The summed E-state index contributed by atoms with van der Waals surface area (Å²) in [6, 6.07) is 10.5. The van der Waals surface area contributed by atoms with Crippen LogP contribution in [0.3, 0.4) is 0 Å². The molecule has 0 unspecified atom stereocenters. The lowest BCUT2D eigenvalue weighted by Crippen LogP contribution is -2.23. The predicted octanol–water partition coefficient (Wildman–Crippen LogP) is 2.96. The second-order valence-electron chi connectivity index (χ2n) is 3.82. The van der Waals surface area contributed by atoms with Crippen molar-refractivity contribution in [2.75, 3.05) is 0 Å². The van der Waals surface area contributed by atoms with Crippen LogP contribution in [-0.2, 0) is 11.2 Å². The topological polar surface area (TPSA) is 9.23 Å². The first-order chi connectivity index (χ1) is 6.84. The molecule has 2 atom stereocenters. The van der Waals surface area contributed by atoms with Gasteiger partial charge in [-0.25, -0.2) is 0 Å². The summed E-state index contributed by atoms with van der Waals surface area (Å²) >= 11 is 0. The number of hydrogen-bond acceptors (Lipinski definition) is 1. The van der Waals surface area contributed by atoms with E-state index in [0.717, 1.165) is 12.8 Å². The Hall–Kier alpha value is -1.08. The summed E-state index contributed by atoms with van der Waals surface area (Å²) in [6.07, 6.45) is 7.05. The molecule has 2 rings (SSSR count). The summed E-state index contributed by atoms with van der Waals surface area (Å²) in [5, 5.41) is 0. The third-order valence-corrected chi connectivity index (χ3v) is 2.52. The van der Waals surface area contributed by atoms with Crippen molar-refractivity contribution in [3.63, 3.8) is 0 Å². The molecule has 0 fully saturated rings. The van der Waals surface area contributed by atoms with Gasteiger partial charge < -0.3 is 4.74 Å². The first-order valence-electron chi connectivity index (χ1n) is 5.20. The van der Waals surface area contributed by atoms with E-state index >= 15 is 0 Å². The fourth-order valence-electron chi connectivity index (χ4n) is 1.83. The predicted molar refractivity (Wildman–Crippen MR) is 58.2 cm³/mol. The highest BCUT2D eigenvalue weighted by molar-refractivity contribution is 5.16. The van der Waals surface area contributed by atoms with Crippen LogP contribution in [-0.4, -0.2) is 12.2 Å². The quantitative estimate of drug-likeness (QED) is 0.648. The van der Waals surface area contributed by atoms with Gasteiger partial charge in [-0.1, -0.05) is 42.5 Å². The first kappa shape index (κ1) is 9.47. The van der Waals surface area contributed by atoms with Crippen molar-refractivity contribution in [3.8, 4) is 0 Å². The largest absolute Gasteiger partial charge is 0.371 e. The lowest BCUT2D eigenvalue weighted by atomic mass is 10.0. The van der Waals surface area contributed by atoms with Crippen LogP contribution in [0.4, 0.5) is 0 Å². The lowest BCUT2D eigenvalue weighted by Gasteiger charge is -2.23. The summed E-state index contributed by atoms with van der Waals surface area (Å²) in [4.78, 5) is 0. The second kappa shape index (κ2) is 4.43. The number of hydrogen-bond donors (Lipinski definition) is 0. The summed E-state index contributed by atoms with van der Waals surface area (Å²) in [5.41, 5.74) is 1.36. The Morgan fingerprint density at radius 3 is 2.79 bits per heavy atom. The molecule has 1 heterocycles. The monoisotopic (exact) mass is 188 g/mol. The van der Waals surface area contributed by atoms with E-state index in [1.807, 2.05) is 6.07 Å². The molecule has 0 amide bonds. The highest BCUT2D eigenvalue weighted by Crippen LogP contribution is 2.16. The van der Waals surface area contributed by atoms with Crippen molar-refractivity contribution >= 4 is 0 Å². The molecule has 0 aromatic heterocycles. The molecule has 0 bridgehead atoms. The van der Waals surface area contributed by atoms with Gasteiger partial charge in [0.2, 0.25) is 0 Å². The van der Waals surface area contributed by atoms with E-state index in [1.54, 1.807) is 0 Å². The molecular formula is C13H16O. The first-order valence-corrected chi connectivity index (χ1v) is 5.20. The van der Waals surface area contributed by atoms with Gasteiger partial charge in [0, 0.05) is 0 Å². The molecule has 1 aromatic rings. The van der Waals surface area contributed by atoms with Crippen LogP contribution in [0.15, 0.2) is 42.5 Å². The molecule has 1 nitrogen and oxygen atoms in total. The van der Waals surface area contributed by atoms with Crippen LogP contribution in [0.25, 0.3) is 0 Å². The van der Waals surface area contributed by atoms with Gasteiger partial charge >= 0.3 is 0 Å². The van der Waals surface area contributed by atoms with E-state index in [4.69, 9.17) is 4.74 Å². The molecule has 1 heteroatoms. The van der Waals surface area contributed by atoms with Gasteiger partial charge in [-0.05, 0) is 25.3 Å². The van der Waals surface area contributed by atoms with Gasteiger partial charge in [-0.2, -0.15) is 0 Å². The summed E-state index contributed by atoms with van der Waals surface area (Å²) in [7, 11) is 0. The molecule has 0 spiro atoms. The molecule has 1 aliphatic heterocycles. The Labute approximate surface area is 85.4 Å². The van der Waals surface area contributed by atoms with Crippen LogP contribution in [0.5, 0.6) is 0 Å². The van der Waals surface area contributed by atoms with Crippen LogP contribution in [0, 0.1) is 0 Å². The third kappa shape index (κ3) is 2.46. The fourth-order valence-corrected chi connectivity index (χ4v) is 1.83. The van der Waals surface area contributed by atoms with Crippen LogP contribution in [0.2, 0.25) is 0 Å². The van der Waals surface area contributed by atoms with Crippen molar-refractivity contribution in [2.45, 2.75) is 32.0 Å². The third-order valence-electron chi connectivity index (χ3n) is 2.52. The summed E-state index contributed by atoms with van der Waals surface area (Å²) in [6.45, 7) is 2.09. The van der Waals surface area contributed by atoms with Crippen molar-refractivity contribution < 1.29 is 4.74 Å². The molecule has 0 saturated heterocycles. The van der Waals surface area contributed by atoms with Crippen molar-refractivity contribution in [1.29, 1.82) is 0 Å². The van der Waals surface area contributed by atoms with Gasteiger partial charge in [0.1, 0.15) is 0 Å². The Bertz CT molecular complexity index is 302. The highest BCUT2D eigenvalue weighted by Gasteiger charge is 2.14. The van der Waals surface area contributed by atoms with Gasteiger partial charge in [0.15, 0.2) is 0 Å². The highest BCUT2D eigenvalue weighted by atomic mass is 16.5. The maximum absolute atomic E-state index is 5.80. The summed E-state index contributed by atoms with van der Waals surface area (Å²) in [5.74, 6) is 0. The molecule has 1 aliphatic rings.